The van der Waals surface area contributed by atoms with Crippen LogP contribution in [0.15, 0.2) is 40.9 Å². The van der Waals surface area contributed by atoms with Gasteiger partial charge in [0.2, 0.25) is 0 Å². The molecule has 0 N–H and O–H groups in total. The predicted molar refractivity (Wildman–Crippen MR) is 76.8 cm³/mol. The molecule has 2 aromatic rings. The van der Waals surface area contributed by atoms with Crippen molar-refractivity contribution in [3.63, 3.8) is 0 Å². The Morgan fingerprint density at radius 3 is 2.44 bits per heavy atom. The number of carbonyl (C=O) groups excluding carboxylic acids is 1. The summed E-state index contributed by atoms with van der Waals surface area (Å²) in [7, 11) is 0. The maximum atomic E-state index is 12.5. The molecule has 18 heavy (non-hydrogen) atoms. The minimum atomic E-state index is 0.163. The summed E-state index contributed by atoms with van der Waals surface area (Å²) >= 11 is 3.54. The summed E-state index contributed by atoms with van der Waals surface area (Å²) in [4.78, 5) is 14.4. The minimum Gasteiger partial charge on any atom is -0.339 e. The van der Waals surface area contributed by atoms with Crippen molar-refractivity contribution >= 4 is 32.6 Å². The highest BCUT2D eigenvalue weighted by molar-refractivity contribution is 9.10. The molecule has 0 saturated carbocycles. The Labute approximate surface area is 115 Å². The lowest BCUT2D eigenvalue weighted by Gasteiger charge is -2.16. The molecule has 0 atom stereocenters. The molecular formula is C15H14BrNO. The van der Waals surface area contributed by atoms with E-state index in [-0.39, 0.29) is 5.91 Å². The SMILES string of the molecule is O=C(c1cccc2c(Br)cccc12)N1CCCC1. The Hall–Kier alpha value is -1.35. The Kier molecular flexibility index (Phi) is 3.08. The van der Waals surface area contributed by atoms with E-state index < -0.39 is 0 Å². The fourth-order valence-electron chi connectivity index (χ4n) is 2.55. The van der Waals surface area contributed by atoms with Crippen LogP contribution in [-0.4, -0.2) is 23.9 Å². The third kappa shape index (κ3) is 1.93. The van der Waals surface area contributed by atoms with Crippen LogP contribution in [0, 0.1) is 0 Å². The summed E-state index contributed by atoms with van der Waals surface area (Å²) in [6.07, 6.45) is 2.25. The lowest BCUT2D eigenvalue weighted by atomic mass is 10.0. The molecule has 0 unspecified atom stereocenters. The Bertz CT molecular complexity index is 602. The molecule has 1 heterocycles. The molecule has 3 heteroatoms. The molecule has 0 aromatic heterocycles. The molecule has 1 saturated heterocycles. The number of benzene rings is 2. The minimum absolute atomic E-state index is 0.163. The number of halogens is 1. The fourth-order valence-corrected chi connectivity index (χ4v) is 3.05. The van der Waals surface area contributed by atoms with Gasteiger partial charge in [0.25, 0.3) is 5.91 Å². The van der Waals surface area contributed by atoms with Crippen LogP contribution in [0.3, 0.4) is 0 Å². The monoisotopic (exact) mass is 303 g/mol. The van der Waals surface area contributed by atoms with Crippen LogP contribution in [0.5, 0.6) is 0 Å². The van der Waals surface area contributed by atoms with Crippen LogP contribution in [-0.2, 0) is 0 Å². The van der Waals surface area contributed by atoms with E-state index >= 15 is 0 Å². The van der Waals surface area contributed by atoms with Crippen LogP contribution in [0.4, 0.5) is 0 Å². The van der Waals surface area contributed by atoms with Crippen molar-refractivity contribution in [2.45, 2.75) is 12.8 Å². The van der Waals surface area contributed by atoms with Crippen LogP contribution in [0.1, 0.15) is 23.2 Å². The Balaban J connectivity index is 2.11. The summed E-state index contributed by atoms with van der Waals surface area (Å²) < 4.78 is 1.04. The van der Waals surface area contributed by atoms with Gasteiger partial charge in [0.05, 0.1) is 0 Å². The van der Waals surface area contributed by atoms with Crippen LogP contribution >= 0.6 is 15.9 Å². The summed E-state index contributed by atoms with van der Waals surface area (Å²) in [6.45, 7) is 1.78. The number of nitrogens with zero attached hydrogens (tertiary/aromatic N) is 1. The number of hydrogen-bond acceptors (Lipinski definition) is 1. The Morgan fingerprint density at radius 2 is 1.67 bits per heavy atom. The third-order valence-electron chi connectivity index (χ3n) is 3.49. The Morgan fingerprint density at radius 1 is 1.00 bits per heavy atom. The van der Waals surface area contributed by atoms with Crippen molar-refractivity contribution < 1.29 is 4.79 Å². The smallest absolute Gasteiger partial charge is 0.254 e. The van der Waals surface area contributed by atoms with Gasteiger partial charge < -0.3 is 4.90 Å². The second kappa shape index (κ2) is 4.73. The highest BCUT2D eigenvalue weighted by Gasteiger charge is 2.21. The molecule has 1 aliphatic heterocycles. The van der Waals surface area contributed by atoms with Gasteiger partial charge in [-0.25, -0.2) is 0 Å². The third-order valence-corrected chi connectivity index (χ3v) is 4.18. The van der Waals surface area contributed by atoms with Crippen LogP contribution < -0.4 is 0 Å². The van der Waals surface area contributed by atoms with Gasteiger partial charge in [0.1, 0.15) is 0 Å². The zero-order valence-corrected chi connectivity index (χ0v) is 11.6. The molecule has 0 radical (unpaired) electrons. The fraction of sp³-hybridized carbons (Fsp3) is 0.267. The molecule has 1 amide bonds. The largest absolute Gasteiger partial charge is 0.339 e. The summed E-state index contributed by atoms with van der Waals surface area (Å²) in [5, 5.41) is 2.13. The number of rotatable bonds is 1. The molecule has 0 aliphatic carbocycles. The normalized spacial score (nSPS) is 15.3. The lowest BCUT2D eigenvalue weighted by molar-refractivity contribution is 0.0795. The molecule has 3 rings (SSSR count). The first-order valence-corrected chi connectivity index (χ1v) is 7.03. The van der Waals surface area contributed by atoms with Crippen LogP contribution in [0.25, 0.3) is 10.8 Å². The van der Waals surface area contributed by atoms with E-state index in [1.54, 1.807) is 0 Å². The summed E-state index contributed by atoms with van der Waals surface area (Å²) in [6, 6.07) is 11.9. The van der Waals surface area contributed by atoms with E-state index in [9.17, 15) is 4.79 Å². The van der Waals surface area contributed by atoms with Gasteiger partial charge in [-0.2, -0.15) is 0 Å². The topological polar surface area (TPSA) is 20.3 Å². The van der Waals surface area contributed by atoms with Gasteiger partial charge in [-0.1, -0.05) is 40.2 Å². The molecular weight excluding hydrogens is 290 g/mol. The number of fused-ring (bicyclic) bond motifs is 1. The number of amides is 1. The van der Waals surface area contributed by atoms with Crippen LogP contribution in [0.2, 0.25) is 0 Å². The maximum Gasteiger partial charge on any atom is 0.254 e. The van der Waals surface area contributed by atoms with Gasteiger partial charge >= 0.3 is 0 Å². The number of hydrogen-bond donors (Lipinski definition) is 0. The first kappa shape index (κ1) is 11.7. The molecule has 1 aliphatic rings. The van der Waals surface area contributed by atoms with E-state index in [1.807, 2.05) is 41.3 Å². The van der Waals surface area contributed by atoms with Gasteiger partial charge in [-0.3, -0.25) is 4.79 Å². The molecule has 92 valence electrons. The predicted octanol–water partition coefficient (Wildman–Crippen LogP) is 3.84. The van der Waals surface area contributed by atoms with Crippen molar-refractivity contribution in [3.8, 4) is 0 Å². The zero-order chi connectivity index (χ0) is 12.5. The number of carbonyl (C=O) groups is 1. The number of likely N-dealkylation sites (tertiary alicyclic amines) is 1. The van der Waals surface area contributed by atoms with E-state index in [2.05, 4.69) is 15.9 Å². The highest BCUT2D eigenvalue weighted by Crippen LogP contribution is 2.27. The van der Waals surface area contributed by atoms with Crippen molar-refractivity contribution in [1.29, 1.82) is 0 Å². The first-order chi connectivity index (χ1) is 8.77. The van der Waals surface area contributed by atoms with E-state index in [0.29, 0.717) is 0 Å². The first-order valence-electron chi connectivity index (χ1n) is 6.24. The molecule has 0 spiro atoms. The second-order valence-electron chi connectivity index (χ2n) is 4.64. The van der Waals surface area contributed by atoms with Gasteiger partial charge in [0, 0.05) is 23.1 Å². The second-order valence-corrected chi connectivity index (χ2v) is 5.49. The van der Waals surface area contributed by atoms with E-state index in [0.717, 1.165) is 46.7 Å². The van der Waals surface area contributed by atoms with Crippen molar-refractivity contribution in [1.82, 2.24) is 4.90 Å². The highest BCUT2D eigenvalue weighted by atomic mass is 79.9. The van der Waals surface area contributed by atoms with Gasteiger partial charge in [-0.05, 0) is 35.7 Å². The molecule has 2 nitrogen and oxygen atoms in total. The van der Waals surface area contributed by atoms with E-state index in [1.165, 1.54) is 0 Å². The lowest BCUT2D eigenvalue weighted by Crippen LogP contribution is -2.27. The standard InChI is InChI=1S/C15H14BrNO/c16-14-8-4-5-11-12(14)6-3-7-13(11)15(18)17-9-1-2-10-17/h3-8H,1-2,9-10H2. The molecule has 2 aromatic carbocycles. The summed E-state index contributed by atoms with van der Waals surface area (Å²) in [5.74, 6) is 0.163. The average molecular weight is 304 g/mol. The quantitative estimate of drug-likeness (QED) is 0.784. The molecule has 1 fully saturated rings. The summed E-state index contributed by atoms with van der Waals surface area (Å²) in [5.41, 5.74) is 0.815. The maximum absolute atomic E-state index is 12.5. The van der Waals surface area contributed by atoms with E-state index in [4.69, 9.17) is 0 Å². The van der Waals surface area contributed by atoms with Crippen molar-refractivity contribution in [2.75, 3.05) is 13.1 Å². The van der Waals surface area contributed by atoms with Gasteiger partial charge in [0.15, 0.2) is 0 Å². The molecule has 0 bridgehead atoms. The van der Waals surface area contributed by atoms with Crippen molar-refractivity contribution in [2.24, 2.45) is 0 Å². The van der Waals surface area contributed by atoms with Gasteiger partial charge in [-0.15, -0.1) is 0 Å². The zero-order valence-electron chi connectivity index (χ0n) is 10.0. The average Bonchev–Trinajstić information content (AvgIpc) is 2.92. The van der Waals surface area contributed by atoms with Crippen molar-refractivity contribution in [3.05, 3.63) is 46.4 Å².